The molecule has 0 bridgehead atoms. The smallest absolute Gasteiger partial charge is 0.252 e. The first-order valence-corrected chi connectivity index (χ1v) is 12.9. The van der Waals surface area contributed by atoms with Crippen LogP contribution in [0.2, 0.25) is 0 Å². The number of rotatable bonds is 6. The topological polar surface area (TPSA) is 93.2 Å². The Morgan fingerprint density at radius 2 is 1.82 bits per heavy atom. The van der Waals surface area contributed by atoms with E-state index in [0.29, 0.717) is 28.1 Å². The maximum Gasteiger partial charge on any atom is 0.252 e. The molecule has 0 saturated heterocycles. The summed E-state index contributed by atoms with van der Waals surface area (Å²) in [4.78, 5) is 35.4. The van der Waals surface area contributed by atoms with E-state index in [0.717, 1.165) is 29.7 Å². The van der Waals surface area contributed by atoms with E-state index >= 15 is 0 Å². The zero-order chi connectivity index (χ0) is 27.1. The van der Waals surface area contributed by atoms with Crippen LogP contribution >= 0.6 is 0 Å². The minimum atomic E-state index is -0.642. The molecule has 6 rings (SSSR count). The number of halogens is 1. The molecule has 2 N–H and O–H groups in total. The number of amides is 2. The molecule has 7 nitrogen and oxygen atoms in total. The lowest BCUT2D eigenvalue weighted by atomic mass is 9.89. The van der Waals surface area contributed by atoms with Crippen molar-refractivity contribution < 1.29 is 18.7 Å². The van der Waals surface area contributed by atoms with Crippen LogP contribution in [0.25, 0.3) is 11.3 Å². The van der Waals surface area contributed by atoms with Gasteiger partial charge in [0, 0.05) is 29.9 Å². The fourth-order valence-corrected chi connectivity index (χ4v) is 5.21. The summed E-state index contributed by atoms with van der Waals surface area (Å²) in [5.74, 6) is -0.893. The third-order valence-corrected chi connectivity index (χ3v) is 7.55. The molecule has 1 aliphatic carbocycles. The molecular weight excluding hydrogens is 495 g/mol. The normalized spacial score (nSPS) is 18.5. The first kappa shape index (κ1) is 24.7. The molecule has 2 aromatic carbocycles. The Morgan fingerprint density at radius 1 is 1.03 bits per heavy atom. The Labute approximate surface area is 225 Å². The lowest BCUT2D eigenvalue weighted by Gasteiger charge is -2.18. The second-order valence-corrected chi connectivity index (χ2v) is 10.1. The van der Waals surface area contributed by atoms with Crippen LogP contribution in [0.15, 0.2) is 79.1 Å². The van der Waals surface area contributed by atoms with Gasteiger partial charge in [0.2, 0.25) is 5.91 Å². The van der Waals surface area contributed by atoms with Crippen LogP contribution < -0.4 is 15.4 Å². The second kappa shape index (κ2) is 9.62. The van der Waals surface area contributed by atoms with Crippen molar-refractivity contribution >= 4 is 11.8 Å². The number of benzene rings is 2. The van der Waals surface area contributed by atoms with E-state index in [1.807, 2.05) is 43.3 Å². The summed E-state index contributed by atoms with van der Waals surface area (Å²) >= 11 is 0. The third-order valence-electron chi connectivity index (χ3n) is 7.55. The number of nitrogens with one attached hydrogen (secondary N) is 2. The fourth-order valence-electron chi connectivity index (χ4n) is 5.21. The summed E-state index contributed by atoms with van der Waals surface area (Å²) in [6, 6.07) is 19.1. The Balaban J connectivity index is 1.32. The summed E-state index contributed by atoms with van der Waals surface area (Å²) < 4.78 is 19.7. The molecule has 4 aromatic rings. The highest BCUT2D eigenvalue weighted by Gasteiger charge is 2.47. The molecule has 2 unspecified atom stereocenters. The van der Waals surface area contributed by atoms with Gasteiger partial charge >= 0.3 is 0 Å². The third kappa shape index (κ3) is 4.52. The van der Waals surface area contributed by atoms with Gasteiger partial charge in [-0.05, 0) is 73.4 Å². The molecule has 0 spiro atoms. The van der Waals surface area contributed by atoms with Crippen molar-refractivity contribution in [1.82, 2.24) is 20.6 Å². The van der Waals surface area contributed by atoms with Gasteiger partial charge in [0.15, 0.2) is 0 Å². The maximum atomic E-state index is 13.5. The zero-order valence-electron chi connectivity index (χ0n) is 21.6. The van der Waals surface area contributed by atoms with Crippen molar-refractivity contribution in [3.63, 3.8) is 0 Å². The standard InChI is InChI=1S/C31H27FN4O3/c1-18-6-7-20(29(37)36-31(12-13-31)26-5-3-4-14-34-26)15-22(18)24-16-23-25(17-35-24)39-28(27(23)30(38)33-2)19-8-10-21(32)11-9-19/h3-11,14-17,27-28H,12-13H2,1-2H3,(H,33,38)(H,36,37). The molecule has 2 amide bonds. The Morgan fingerprint density at radius 3 is 2.51 bits per heavy atom. The van der Waals surface area contributed by atoms with Crippen LogP contribution in [0.3, 0.4) is 0 Å². The number of aromatic nitrogens is 2. The quantitative estimate of drug-likeness (QED) is 0.373. The van der Waals surface area contributed by atoms with E-state index in [-0.39, 0.29) is 17.6 Å². The molecule has 3 heterocycles. The summed E-state index contributed by atoms with van der Waals surface area (Å²) in [7, 11) is 1.58. The highest BCUT2D eigenvalue weighted by Crippen LogP contribution is 2.47. The number of likely N-dealkylation sites (N-methyl/N-ethyl adjacent to an activating group) is 1. The lowest BCUT2D eigenvalue weighted by Crippen LogP contribution is -2.35. The van der Waals surface area contributed by atoms with Gasteiger partial charge < -0.3 is 15.4 Å². The molecule has 2 aromatic heterocycles. The van der Waals surface area contributed by atoms with Gasteiger partial charge in [-0.3, -0.25) is 19.6 Å². The number of ether oxygens (including phenoxy) is 1. The molecule has 2 atom stereocenters. The van der Waals surface area contributed by atoms with Crippen molar-refractivity contribution in [3.8, 4) is 17.0 Å². The first-order chi connectivity index (χ1) is 18.9. The second-order valence-electron chi connectivity index (χ2n) is 10.1. The summed E-state index contributed by atoms with van der Waals surface area (Å²) in [5.41, 5.74) is 4.69. The van der Waals surface area contributed by atoms with E-state index in [4.69, 9.17) is 4.74 Å². The van der Waals surface area contributed by atoms with Crippen molar-refractivity contribution in [1.29, 1.82) is 0 Å². The number of pyridine rings is 2. The summed E-state index contributed by atoms with van der Waals surface area (Å²) in [6.45, 7) is 1.95. The number of hydrogen-bond donors (Lipinski definition) is 2. The predicted molar refractivity (Wildman–Crippen MR) is 144 cm³/mol. The Kier molecular flexibility index (Phi) is 6.10. The Hall–Kier alpha value is -4.59. The van der Waals surface area contributed by atoms with Gasteiger partial charge in [-0.15, -0.1) is 0 Å². The van der Waals surface area contributed by atoms with Crippen LogP contribution in [0.1, 0.15) is 57.6 Å². The average Bonchev–Trinajstić information content (AvgIpc) is 3.65. The fraction of sp³-hybridized carbons (Fsp3) is 0.226. The minimum absolute atomic E-state index is 0.177. The maximum absolute atomic E-state index is 13.5. The van der Waals surface area contributed by atoms with E-state index in [9.17, 15) is 14.0 Å². The molecule has 1 saturated carbocycles. The largest absolute Gasteiger partial charge is 0.483 e. The van der Waals surface area contributed by atoms with Crippen molar-refractivity contribution in [3.05, 3.63) is 113 Å². The number of nitrogens with zero attached hydrogens (tertiary/aromatic N) is 2. The number of hydrogen-bond acceptors (Lipinski definition) is 5. The lowest BCUT2D eigenvalue weighted by molar-refractivity contribution is -0.123. The highest BCUT2D eigenvalue weighted by molar-refractivity contribution is 5.96. The van der Waals surface area contributed by atoms with Gasteiger partial charge in [0.25, 0.3) is 5.91 Å². The van der Waals surface area contributed by atoms with Gasteiger partial charge in [-0.25, -0.2) is 4.39 Å². The number of carbonyl (C=O) groups excluding carboxylic acids is 2. The first-order valence-electron chi connectivity index (χ1n) is 12.9. The minimum Gasteiger partial charge on any atom is -0.483 e. The van der Waals surface area contributed by atoms with E-state index in [2.05, 4.69) is 20.6 Å². The molecule has 8 heteroatoms. The van der Waals surface area contributed by atoms with Crippen LogP contribution in [0.4, 0.5) is 4.39 Å². The van der Waals surface area contributed by atoms with E-state index < -0.39 is 17.6 Å². The number of carbonyl (C=O) groups is 2. The van der Waals surface area contributed by atoms with Crippen molar-refractivity contribution in [2.75, 3.05) is 7.05 Å². The van der Waals surface area contributed by atoms with Crippen molar-refractivity contribution in [2.45, 2.75) is 37.3 Å². The summed E-state index contributed by atoms with van der Waals surface area (Å²) in [5, 5.41) is 5.90. The number of fused-ring (bicyclic) bond motifs is 1. The van der Waals surface area contributed by atoms with E-state index in [1.54, 1.807) is 37.6 Å². The molecule has 1 fully saturated rings. The molecule has 1 aliphatic heterocycles. The van der Waals surface area contributed by atoms with E-state index in [1.165, 1.54) is 12.1 Å². The molecule has 196 valence electrons. The molecule has 0 radical (unpaired) electrons. The van der Waals surface area contributed by atoms with Crippen LogP contribution in [0.5, 0.6) is 5.75 Å². The average molecular weight is 523 g/mol. The van der Waals surface area contributed by atoms with Gasteiger partial charge in [0.05, 0.1) is 23.1 Å². The molecule has 2 aliphatic rings. The molecular formula is C31H27FN4O3. The molecule has 39 heavy (non-hydrogen) atoms. The highest BCUT2D eigenvalue weighted by atomic mass is 19.1. The monoisotopic (exact) mass is 522 g/mol. The van der Waals surface area contributed by atoms with Crippen LogP contribution in [-0.2, 0) is 10.3 Å². The van der Waals surface area contributed by atoms with Gasteiger partial charge in [-0.1, -0.05) is 24.3 Å². The number of aryl methyl sites for hydroxylation is 1. The predicted octanol–water partition coefficient (Wildman–Crippen LogP) is 4.97. The van der Waals surface area contributed by atoms with Crippen molar-refractivity contribution in [2.24, 2.45) is 0 Å². The van der Waals surface area contributed by atoms with Gasteiger partial charge in [-0.2, -0.15) is 0 Å². The SMILES string of the molecule is CNC(=O)C1c2cc(-c3cc(C(=O)NC4(c5ccccn5)CC4)ccc3C)ncc2OC1c1ccc(F)cc1. The van der Waals surface area contributed by atoms with Crippen LogP contribution in [0, 0.1) is 12.7 Å². The zero-order valence-corrected chi connectivity index (χ0v) is 21.6. The van der Waals surface area contributed by atoms with Crippen LogP contribution in [-0.4, -0.2) is 28.8 Å². The summed E-state index contributed by atoms with van der Waals surface area (Å²) in [6.07, 6.45) is 4.42. The van der Waals surface area contributed by atoms with Gasteiger partial charge in [0.1, 0.15) is 23.6 Å². The Bertz CT molecular complexity index is 1570.